The molecule has 0 amide bonds. The number of rotatable bonds is 3. The Morgan fingerprint density at radius 3 is 2.00 bits per heavy atom. The fourth-order valence-corrected chi connectivity index (χ4v) is 1.87. The minimum atomic E-state index is -1.68. The van der Waals surface area contributed by atoms with Crippen LogP contribution in [0.4, 0.5) is 0 Å². The predicted molar refractivity (Wildman–Crippen MR) is 70.2 cm³/mol. The van der Waals surface area contributed by atoms with Gasteiger partial charge >= 0.3 is 0 Å². The molecule has 1 nitrogen and oxygen atoms in total. The van der Waals surface area contributed by atoms with Gasteiger partial charge < -0.3 is 5.11 Å². The van der Waals surface area contributed by atoms with E-state index in [9.17, 15) is 5.11 Å². The summed E-state index contributed by atoms with van der Waals surface area (Å²) in [5.74, 6) is 0.601. The summed E-state index contributed by atoms with van der Waals surface area (Å²) in [6.45, 7) is 4.31. The van der Waals surface area contributed by atoms with Crippen molar-refractivity contribution < 1.29 is 5.11 Å². The average molecular weight is 282 g/mol. The van der Waals surface area contributed by atoms with Crippen molar-refractivity contribution in [3.63, 3.8) is 0 Å². The third kappa shape index (κ3) is 4.14. The van der Waals surface area contributed by atoms with Crippen LogP contribution in [0.25, 0.3) is 0 Å². The van der Waals surface area contributed by atoms with Crippen LogP contribution in [0, 0.1) is 5.92 Å². The molecule has 4 heteroatoms. The van der Waals surface area contributed by atoms with Crippen LogP contribution in [0.2, 0.25) is 0 Å². The summed E-state index contributed by atoms with van der Waals surface area (Å²) >= 11 is 16.9. The van der Waals surface area contributed by atoms with Crippen molar-refractivity contribution in [3.8, 4) is 0 Å². The quantitative estimate of drug-likeness (QED) is 0.820. The molecule has 0 fully saturated rings. The van der Waals surface area contributed by atoms with E-state index in [2.05, 4.69) is 13.8 Å². The maximum Gasteiger partial charge on any atom is 0.220 e. The van der Waals surface area contributed by atoms with Gasteiger partial charge in [-0.05, 0) is 23.5 Å². The largest absolute Gasteiger partial charge is 0.384 e. The maximum absolute atomic E-state index is 9.73. The summed E-state index contributed by atoms with van der Waals surface area (Å²) in [6, 6.07) is 7.50. The summed E-state index contributed by atoms with van der Waals surface area (Å²) in [6.07, 6.45) is -0.0879. The molecule has 0 saturated heterocycles. The van der Waals surface area contributed by atoms with Gasteiger partial charge in [-0.3, -0.25) is 0 Å². The summed E-state index contributed by atoms with van der Waals surface area (Å²) in [5, 5.41) is 9.73. The lowest BCUT2D eigenvalue weighted by molar-refractivity contribution is 0.182. The Labute approximate surface area is 111 Å². The Morgan fingerprint density at radius 2 is 1.62 bits per heavy atom. The highest BCUT2D eigenvalue weighted by atomic mass is 35.6. The SMILES string of the molecule is CC(C)Cc1ccc(C(O)C(Cl)(Cl)Cl)cc1. The van der Waals surface area contributed by atoms with Crippen LogP contribution in [0.5, 0.6) is 0 Å². The number of hydrogen-bond acceptors (Lipinski definition) is 1. The summed E-state index contributed by atoms with van der Waals surface area (Å²) < 4.78 is -1.68. The third-order valence-corrected chi connectivity index (χ3v) is 2.87. The maximum atomic E-state index is 9.73. The molecule has 0 saturated carbocycles. The topological polar surface area (TPSA) is 20.2 Å². The lowest BCUT2D eigenvalue weighted by Gasteiger charge is -2.19. The molecule has 0 bridgehead atoms. The number of halogens is 3. The molecule has 1 N–H and O–H groups in total. The Kier molecular flexibility index (Phi) is 4.93. The zero-order valence-corrected chi connectivity index (χ0v) is 11.5. The first-order chi connectivity index (χ1) is 7.30. The van der Waals surface area contributed by atoms with E-state index in [1.54, 1.807) is 12.1 Å². The lowest BCUT2D eigenvalue weighted by atomic mass is 10.0. The normalized spacial score (nSPS) is 14.2. The number of aliphatic hydroxyl groups excluding tert-OH is 1. The molecule has 1 aromatic rings. The monoisotopic (exact) mass is 280 g/mol. The van der Waals surface area contributed by atoms with Crippen LogP contribution < -0.4 is 0 Å². The molecular weight excluding hydrogens is 266 g/mol. The van der Waals surface area contributed by atoms with Gasteiger partial charge in [0.15, 0.2) is 0 Å². The lowest BCUT2D eigenvalue weighted by Crippen LogP contribution is -2.16. The van der Waals surface area contributed by atoms with Crippen LogP contribution in [-0.2, 0) is 6.42 Å². The van der Waals surface area contributed by atoms with Crippen LogP contribution in [0.15, 0.2) is 24.3 Å². The van der Waals surface area contributed by atoms with Crippen LogP contribution in [0.1, 0.15) is 31.1 Å². The molecule has 0 heterocycles. The first kappa shape index (κ1) is 14.1. The number of benzene rings is 1. The molecule has 16 heavy (non-hydrogen) atoms. The van der Waals surface area contributed by atoms with E-state index in [0.29, 0.717) is 11.5 Å². The smallest absolute Gasteiger partial charge is 0.220 e. The van der Waals surface area contributed by atoms with E-state index >= 15 is 0 Å². The molecule has 0 aromatic heterocycles. The van der Waals surface area contributed by atoms with E-state index in [-0.39, 0.29) is 0 Å². The first-order valence-electron chi connectivity index (χ1n) is 5.14. The fraction of sp³-hybridized carbons (Fsp3) is 0.500. The molecule has 0 spiro atoms. The van der Waals surface area contributed by atoms with Gasteiger partial charge in [0.25, 0.3) is 0 Å². The molecule has 1 rings (SSSR count). The van der Waals surface area contributed by atoms with Crippen LogP contribution in [0.3, 0.4) is 0 Å². The van der Waals surface area contributed by atoms with Gasteiger partial charge in [-0.15, -0.1) is 0 Å². The van der Waals surface area contributed by atoms with Crippen molar-refractivity contribution in [1.29, 1.82) is 0 Å². The predicted octanol–water partition coefficient (Wildman–Crippen LogP) is 4.29. The summed E-state index contributed by atoms with van der Waals surface area (Å²) in [7, 11) is 0. The molecular formula is C12H15Cl3O. The highest BCUT2D eigenvalue weighted by Gasteiger charge is 2.31. The van der Waals surface area contributed by atoms with Crippen LogP contribution >= 0.6 is 34.8 Å². The molecule has 1 atom stereocenters. The highest BCUT2D eigenvalue weighted by Crippen LogP contribution is 2.39. The number of alkyl halides is 3. The second-order valence-electron chi connectivity index (χ2n) is 4.28. The van der Waals surface area contributed by atoms with E-state index < -0.39 is 9.90 Å². The van der Waals surface area contributed by atoms with E-state index in [0.717, 1.165) is 6.42 Å². The Bertz CT molecular complexity index is 327. The van der Waals surface area contributed by atoms with E-state index in [1.165, 1.54) is 5.56 Å². The van der Waals surface area contributed by atoms with Gasteiger partial charge in [-0.1, -0.05) is 72.9 Å². The van der Waals surface area contributed by atoms with Crippen molar-refractivity contribution in [1.82, 2.24) is 0 Å². The molecule has 0 aliphatic rings. The van der Waals surface area contributed by atoms with Gasteiger partial charge in [-0.25, -0.2) is 0 Å². The second kappa shape index (κ2) is 5.59. The van der Waals surface area contributed by atoms with Gasteiger partial charge in [0, 0.05) is 0 Å². The molecule has 1 aromatic carbocycles. The highest BCUT2D eigenvalue weighted by molar-refractivity contribution is 6.68. The first-order valence-corrected chi connectivity index (χ1v) is 6.27. The molecule has 1 unspecified atom stereocenters. The second-order valence-corrected chi connectivity index (χ2v) is 6.65. The standard InChI is InChI=1S/C12H15Cl3O/c1-8(2)7-9-3-5-10(6-4-9)11(16)12(13,14)15/h3-6,8,11,16H,7H2,1-2H3. The number of aliphatic hydroxyl groups is 1. The Hall–Kier alpha value is 0.0500. The molecule has 0 aliphatic carbocycles. The van der Waals surface area contributed by atoms with Crippen molar-refractivity contribution in [3.05, 3.63) is 35.4 Å². The Balaban J connectivity index is 2.79. The molecule has 0 aliphatic heterocycles. The van der Waals surface area contributed by atoms with Crippen LogP contribution in [-0.4, -0.2) is 8.90 Å². The number of hydrogen-bond donors (Lipinski definition) is 1. The fourth-order valence-electron chi connectivity index (χ4n) is 1.50. The van der Waals surface area contributed by atoms with Crippen molar-refractivity contribution in [2.45, 2.75) is 30.2 Å². The third-order valence-electron chi connectivity index (χ3n) is 2.25. The van der Waals surface area contributed by atoms with Gasteiger partial charge in [0.1, 0.15) is 6.10 Å². The van der Waals surface area contributed by atoms with Gasteiger partial charge in [0.2, 0.25) is 3.79 Å². The zero-order chi connectivity index (χ0) is 12.3. The Morgan fingerprint density at radius 1 is 1.12 bits per heavy atom. The summed E-state index contributed by atoms with van der Waals surface area (Å²) in [4.78, 5) is 0. The average Bonchev–Trinajstić information content (AvgIpc) is 2.15. The van der Waals surface area contributed by atoms with Crippen molar-refractivity contribution in [2.24, 2.45) is 5.92 Å². The minimum absolute atomic E-state index is 0.601. The zero-order valence-electron chi connectivity index (χ0n) is 9.25. The van der Waals surface area contributed by atoms with Crippen molar-refractivity contribution in [2.75, 3.05) is 0 Å². The summed E-state index contributed by atoms with van der Waals surface area (Å²) in [5.41, 5.74) is 1.84. The molecule has 90 valence electrons. The van der Waals surface area contributed by atoms with Gasteiger partial charge in [0.05, 0.1) is 0 Å². The van der Waals surface area contributed by atoms with E-state index in [1.807, 2.05) is 12.1 Å². The molecule has 0 radical (unpaired) electrons. The van der Waals surface area contributed by atoms with Gasteiger partial charge in [-0.2, -0.15) is 0 Å². The minimum Gasteiger partial charge on any atom is -0.384 e. The van der Waals surface area contributed by atoms with E-state index in [4.69, 9.17) is 34.8 Å². The van der Waals surface area contributed by atoms with Crippen molar-refractivity contribution >= 4 is 34.8 Å².